The standard InChI is InChI=1S/C11H12N2O2.ClH/c1-14-4-5-15-10-3-2-9-7-12-8-13-11(9)6-10;/h2-3,6-8H,4-5H2,1H3;1H. The van der Waals surface area contributed by atoms with E-state index in [4.69, 9.17) is 9.47 Å². The Balaban J connectivity index is 0.00000128. The van der Waals surface area contributed by atoms with Crippen LogP contribution in [0.4, 0.5) is 0 Å². The van der Waals surface area contributed by atoms with Crippen LogP contribution in [0.2, 0.25) is 0 Å². The monoisotopic (exact) mass is 240 g/mol. The first kappa shape index (κ1) is 12.7. The Morgan fingerprint density at radius 2 is 2.12 bits per heavy atom. The van der Waals surface area contributed by atoms with Crippen LogP contribution in [0.1, 0.15) is 0 Å². The summed E-state index contributed by atoms with van der Waals surface area (Å²) in [5, 5.41) is 1.01. The van der Waals surface area contributed by atoms with E-state index >= 15 is 0 Å². The molecule has 0 saturated carbocycles. The molecule has 0 bridgehead atoms. The van der Waals surface area contributed by atoms with Crippen LogP contribution in [-0.2, 0) is 4.74 Å². The normalized spacial score (nSPS) is 9.81. The smallest absolute Gasteiger partial charge is 0.121 e. The highest BCUT2D eigenvalue weighted by Crippen LogP contribution is 2.17. The van der Waals surface area contributed by atoms with Crippen molar-refractivity contribution < 1.29 is 9.47 Å². The number of halogens is 1. The van der Waals surface area contributed by atoms with Crippen LogP contribution < -0.4 is 4.74 Å². The second kappa shape index (κ2) is 6.25. The maximum absolute atomic E-state index is 5.47. The van der Waals surface area contributed by atoms with Gasteiger partial charge in [0.25, 0.3) is 0 Å². The summed E-state index contributed by atoms with van der Waals surface area (Å²) in [6.45, 7) is 1.13. The highest BCUT2D eigenvalue weighted by Gasteiger charge is 1.97. The Bertz CT molecular complexity index is 451. The summed E-state index contributed by atoms with van der Waals surface area (Å²) < 4.78 is 10.4. The lowest BCUT2D eigenvalue weighted by molar-refractivity contribution is 0.146. The molecule has 0 aliphatic heterocycles. The fraction of sp³-hybridized carbons (Fsp3) is 0.273. The van der Waals surface area contributed by atoms with Crippen LogP contribution in [0.5, 0.6) is 5.75 Å². The molecule has 0 saturated heterocycles. The van der Waals surface area contributed by atoms with Gasteiger partial charge in [0.05, 0.1) is 12.1 Å². The van der Waals surface area contributed by atoms with Crippen LogP contribution in [0.15, 0.2) is 30.7 Å². The molecule has 0 amide bonds. The van der Waals surface area contributed by atoms with Gasteiger partial charge in [-0.15, -0.1) is 12.4 Å². The van der Waals surface area contributed by atoms with Gasteiger partial charge >= 0.3 is 0 Å². The van der Waals surface area contributed by atoms with Crippen molar-refractivity contribution in [1.82, 2.24) is 9.97 Å². The highest BCUT2D eigenvalue weighted by atomic mass is 35.5. The minimum Gasteiger partial charge on any atom is -0.491 e. The number of hydrogen-bond acceptors (Lipinski definition) is 4. The second-order valence-electron chi connectivity index (χ2n) is 3.08. The summed E-state index contributed by atoms with van der Waals surface area (Å²) in [5.74, 6) is 0.804. The summed E-state index contributed by atoms with van der Waals surface area (Å²) in [5.41, 5.74) is 0.889. The molecule has 5 heteroatoms. The number of methoxy groups -OCH3 is 1. The lowest BCUT2D eigenvalue weighted by atomic mass is 10.2. The van der Waals surface area contributed by atoms with Crippen molar-refractivity contribution in [3.8, 4) is 5.75 Å². The van der Waals surface area contributed by atoms with E-state index in [1.54, 1.807) is 13.3 Å². The summed E-state index contributed by atoms with van der Waals surface area (Å²) in [4.78, 5) is 8.09. The van der Waals surface area contributed by atoms with Gasteiger partial charge in [0.15, 0.2) is 0 Å². The first-order valence-corrected chi connectivity index (χ1v) is 4.71. The third-order valence-electron chi connectivity index (χ3n) is 2.04. The van der Waals surface area contributed by atoms with Gasteiger partial charge in [-0.05, 0) is 12.1 Å². The summed E-state index contributed by atoms with van der Waals surface area (Å²) in [6, 6.07) is 5.74. The van der Waals surface area contributed by atoms with Crippen LogP contribution in [0, 0.1) is 0 Å². The first-order valence-electron chi connectivity index (χ1n) is 4.71. The molecule has 0 spiro atoms. The zero-order valence-electron chi connectivity index (χ0n) is 8.92. The molecule has 0 radical (unpaired) electrons. The van der Waals surface area contributed by atoms with E-state index in [0.717, 1.165) is 16.7 Å². The number of fused-ring (bicyclic) bond motifs is 1. The molecule has 0 N–H and O–H groups in total. The second-order valence-corrected chi connectivity index (χ2v) is 3.08. The SMILES string of the molecule is COCCOc1ccc2cncnc2c1.Cl. The van der Waals surface area contributed by atoms with Crippen molar-refractivity contribution >= 4 is 23.3 Å². The van der Waals surface area contributed by atoms with Gasteiger partial charge in [0.2, 0.25) is 0 Å². The molecule has 2 rings (SSSR count). The number of benzene rings is 1. The van der Waals surface area contributed by atoms with E-state index in [1.165, 1.54) is 6.33 Å². The lowest BCUT2D eigenvalue weighted by Crippen LogP contribution is -2.04. The van der Waals surface area contributed by atoms with E-state index < -0.39 is 0 Å². The van der Waals surface area contributed by atoms with Crippen LogP contribution in [0.25, 0.3) is 10.9 Å². The highest BCUT2D eigenvalue weighted by molar-refractivity contribution is 5.85. The number of aromatic nitrogens is 2. The number of hydrogen-bond donors (Lipinski definition) is 0. The molecule has 1 aromatic heterocycles. The summed E-state index contributed by atoms with van der Waals surface area (Å²) in [6.07, 6.45) is 3.31. The Kier molecular flexibility index (Phi) is 4.95. The van der Waals surface area contributed by atoms with Crippen molar-refractivity contribution in [2.75, 3.05) is 20.3 Å². The van der Waals surface area contributed by atoms with Gasteiger partial charge < -0.3 is 9.47 Å². The van der Waals surface area contributed by atoms with E-state index in [2.05, 4.69) is 9.97 Å². The molecule has 0 atom stereocenters. The fourth-order valence-corrected chi connectivity index (χ4v) is 1.29. The van der Waals surface area contributed by atoms with E-state index in [9.17, 15) is 0 Å². The van der Waals surface area contributed by atoms with Crippen molar-refractivity contribution in [1.29, 1.82) is 0 Å². The Hall–Kier alpha value is -1.39. The van der Waals surface area contributed by atoms with Crippen molar-refractivity contribution in [2.45, 2.75) is 0 Å². The predicted octanol–water partition coefficient (Wildman–Crippen LogP) is 2.08. The minimum atomic E-state index is 0. The van der Waals surface area contributed by atoms with Gasteiger partial charge in [0.1, 0.15) is 18.7 Å². The minimum absolute atomic E-state index is 0. The lowest BCUT2D eigenvalue weighted by Gasteiger charge is -2.05. The zero-order chi connectivity index (χ0) is 10.5. The molecule has 0 unspecified atom stereocenters. The molecule has 16 heavy (non-hydrogen) atoms. The molecule has 0 fully saturated rings. The third kappa shape index (κ3) is 3.05. The van der Waals surface area contributed by atoms with Gasteiger partial charge in [-0.25, -0.2) is 9.97 Å². The Labute approximate surface area is 100 Å². The molecule has 0 aliphatic carbocycles. The fourth-order valence-electron chi connectivity index (χ4n) is 1.29. The van der Waals surface area contributed by atoms with Gasteiger partial charge in [-0.2, -0.15) is 0 Å². The molecule has 1 heterocycles. The van der Waals surface area contributed by atoms with Crippen LogP contribution in [-0.4, -0.2) is 30.3 Å². The number of ether oxygens (including phenoxy) is 2. The summed E-state index contributed by atoms with van der Waals surface area (Å²) in [7, 11) is 1.65. The first-order chi connectivity index (χ1) is 7.40. The average molecular weight is 241 g/mol. The Morgan fingerprint density at radius 1 is 1.25 bits per heavy atom. The van der Waals surface area contributed by atoms with Crippen molar-refractivity contribution in [3.63, 3.8) is 0 Å². The molecule has 0 aliphatic rings. The number of nitrogens with zero attached hydrogens (tertiary/aromatic N) is 2. The molecular formula is C11H13ClN2O2. The quantitative estimate of drug-likeness (QED) is 0.768. The van der Waals surface area contributed by atoms with E-state index in [-0.39, 0.29) is 12.4 Å². The molecule has 2 aromatic rings. The van der Waals surface area contributed by atoms with Gasteiger partial charge in [0, 0.05) is 24.8 Å². The zero-order valence-corrected chi connectivity index (χ0v) is 9.74. The molecular weight excluding hydrogens is 228 g/mol. The van der Waals surface area contributed by atoms with E-state index in [1.807, 2.05) is 18.2 Å². The topological polar surface area (TPSA) is 44.2 Å². The van der Waals surface area contributed by atoms with E-state index in [0.29, 0.717) is 13.2 Å². The van der Waals surface area contributed by atoms with Crippen LogP contribution in [0.3, 0.4) is 0 Å². The summed E-state index contributed by atoms with van der Waals surface area (Å²) >= 11 is 0. The largest absolute Gasteiger partial charge is 0.491 e. The maximum atomic E-state index is 5.47. The van der Waals surface area contributed by atoms with Gasteiger partial charge in [-0.3, -0.25) is 0 Å². The predicted molar refractivity (Wildman–Crippen MR) is 64.2 cm³/mol. The third-order valence-corrected chi connectivity index (χ3v) is 2.04. The van der Waals surface area contributed by atoms with Crippen LogP contribution >= 0.6 is 12.4 Å². The number of rotatable bonds is 4. The van der Waals surface area contributed by atoms with Gasteiger partial charge in [-0.1, -0.05) is 0 Å². The maximum Gasteiger partial charge on any atom is 0.121 e. The molecule has 86 valence electrons. The van der Waals surface area contributed by atoms with Crippen molar-refractivity contribution in [2.24, 2.45) is 0 Å². The van der Waals surface area contributed by atoms with Crippen molar-refractivity contribution in [3.05, 3.63) is 30.7 Å². The molecule has 1 aromatic carbocycles. The average Bonchev–Trinajstić information content (AvgIpc) is 2.29. The Morgan fingerprint density at radius 3 is 2.94 bits per heavy atom. The molecule has 4 nitrogen and oxygen atoms in total.